The van der Waals surface area contributed by atoms with E-state index < -0.39 is 0 Å². The molecule has 0 aliphatic carbocycles. The summed E-state index contributed by atoms with van der Waals surface area (Å²) in [6, 6.07) is 8.70. The van der Waals surface area contributed by atoms with Crippen LogP contribution in [-0.4, -0.2) is 18.6 Å². The summed E-state index contributed by atoms with van der Waals surface area (Å²) in [7, 11) is 2.08. The summed E-state index contributed by atoms with van der Waals surface area (Å²) in [5, 5.41) is 6.59. The first kappa shape index (κ1) is 15.5. The second-order valence-electron chi connectivity index (χ2n) is 4.82. The van der Waals surface area contributed by atoms with Crippen molar-refractivity contribution in [2.45, 2.75) is 26.4 Å². The fraction of sp³-hybridized carbons (Fsp3) is 0.400. The predicted molar refractivity (Wildman–Crippen MR) is 90.5 cm³/mol. The molecule has 0 bridgehead atoms. The fourth-order valence-corrected chi connectivity index (χ4v) is 3.37. The normalized spacial score (nSPS) is 12.4. The molecule has 1 unspecified atom stereocenters. The van der Waals surface area contributed by atoms with Gasteiger partial charge in [-0.2, -0.15) is 0 Å². The highest BCUT2D eigenvalue weighted by atomic mass is 79.9. The summed E-state index contributed by atoms with van der Waals surface area (Å²) < 4.78 is 1.11. The van der Waals surface area contributed by atoms with Crippen molar-refractivity contribution in [3.8, 4) is 0 Å². The third kappa shape index (κ3) is 4.04. The van der Waals surface area contributed by atoms with Crippen molar-refractivity contribution in [1.82, 2.24) is 10.3 Å². The minimum Gasteiger partial charge on any atom is -0.347 e. The van der Waals surface area contributed by atoms with Gasteiger partial charge in [0.2, 0.25) is 0 Å². The van der Waals surface area contributed by atoms with Crippen molar-refractivity contribution in [3.63, 3.8) is 0 Å². The molecule has 1 heterocycles. The summed E-state index contributed by atoms with van der Waals surface area (Å²) in [5.74, 6) is 0. The van der Waals surface area contributed by atoms with Gasteiger partial charge in [-0.25, -0.2) is 4.98 Å². The highest BCUT2D eigenvalue weighted by Crippen LogP contribution is 2.24. The van der Waals surface area contributed by atoms with Gasteiger partial charge >= 0.3 is 0 Å². The monoisotopic (exact) mass is 353 g/mol. The lowest BCUT2D eigenvalue weighted by atomic mass is 10.2. The third-order valence-electron chi connectivity index (χ3n) is 3.10. The Morgan fingerprint density at radius 1 is 1.45 bits per heavy atom. The maximum absolute atomic E-state index is 4.72. The summed E-state index contributed by atoms with van der Waals surface area (Å²) in [5.41, 5.74) is 2.39. The van der Waals surface area contributed by atoms with Crippen molar-refractivity contribution < 1.29 is 0 Å². The zero-order chi connectivity index (χ0) is 14.5. The fourth-order valence-electron chi connectivity index (χ4n) is 2.04. The van der Waals surface area contributed by atoms with Crippen LogP contribution in [0.1, 0.15) is 31.1 Å². The lowest BCUT2D eigenvalue weighted by Crippen LogP contribution is -2.19. The first-order chi connectivity index (χ1) is 9.60. The number of nitrogens with zero attached hydrogens (tertiary/aromatic N) is 2. The van der Waals surface area contributed by atoms with Crippen molar-refractivity contribution in [2.75, 3.05) is 18.5 Å². The van der Waals surface area contributed by atoms with Gasteiger partial charge in [-0.15, -0.1) is 11.3 Å². The molecule has 0 amide bonds. The summed E-state index contributed by atoms with van der Waals surface area (Å²) >= 11 is 5.21. The van der Waals surface area contributed by atoms with Gasteiger partial charge < -0.3 is 10.2 Å². The molecule has 108 valence electrons. The molecule has 1 aromatic carbocycles. The number of benzene rings is 1. The largest absolute Gasteiger partial charge is 0.347 e. The van der Waals surface area contributed by atoms with Crippen molar-refractivity contribution >= 4 is 32.4 Å². The van der Waals surface area contributed by atoms with Crippen LogP contribution in [0.25, 0.3) is 0 Å². The average Bonchev–Trinajstić information content (AvgIpc) is 2.88. The van der Waals surface area contributed by atoms with Gasteiger partial charge in [0, 0.05) is 29.5 Å². The molecule has 2 rings (SSSR count). The number of anilines is 1. The SMILES string of the molecule is CCNC(C)c1csc(N(C)Cc2cccc(Br)c2)n1. The van der Waals surface area contributed by atoms with Crippen LogP contribution in [0.4, 0.5) is 5.13 Å². The second kappa shape index (κ2) is 7.20. The molecule has 5 heteroatoms. The van der Waals surface area contributed by atoms with Crippen LogP contribution in [0.3, 0.4) is 0 Å². The number of thiazole rings is 1. The number of aromatic nitrogens is 1. The van der Waals surface area contributed by atoms with E-state index in [0.717, 1.165) is 28.4 Å². The lowest BCUT2D eigenvalue weighted by molar-refractivity contribution is 0.586. The maximum Gasteiger partial charge on any atom is 0.185 e. The molecule has 20 heavy (non-hydrogen) atoms. The molecule has 1 N–H and O–H groups in total. The van der Waals surface area contributed by atoms with Crippen molar-refractivity contribution in [1.29, 1.82) is 0 Å². The molecule has 0 radical (unpaired) electrons. The van der Waals surface area contributed by atoms with Crippen LogP contribution in [-0.2, 0) is 6.54 Å². The molecule has 0 saturated carbocycles. The predicted octanol–water partition coefficient (Wildman–Crippen LogP) is 4.21. The second-order valence-corrected chi connectivity index (χ2v) is 6.57. The standard InChI is InChI=1S/C15H20BrN3S/c1-4-17-11(2)14-10-20-15(18-14)19(3)9-12-6-5-7-13(16)8-12/h5-8,10-11,17H,4,9H2,1-3H3. The van der Waals surface area contributed by atoms with E-state index in [-0.39, 0.29) is 0 Å². The highest BCUT2D eigenvalue weighted by Gasteiger charge is 2.11. The number of halogens is 1. The summed E-state index contributed by atoms with van der Waals surface area (Å²) in [6.45, 7) is 6.09. The van der Waals surface area contributed by atoms with E-state index in [1.54, 1.807) is 11.3 Å². The minimum absolute atomic E-state index is 0.310. The van der Waals surface area contributed by atoms with Crippen LogP contribution in [0.2, 0.25) is 0 Å². The van der Waals surface area contributed by atoms with Gasteiger partial charge in [0.1, 0.15) is 0 Å². The van der Waals surface area contributed by atoms with E-state index in [2.05, 4.69) is 70.6 Å². The summed E-state index contributed by atoms with van der Waals surface area (Å²) in [6.07, 6.45) is 0. The molecular formula is C15H20BrN3S. The number of nitrogens with one attached hydrogen (secondary N) is 1. The number of rotatable bonds is 6. The van der Waals surface area contributed by atoms with Gasteiger partial charge in [-0.3, -0.25) is 0 Å². The number of hydrogen-bond acceptors (Lipinski definition) is 4. The summed E-state index contributed by atoms with van der Waals surface area (Å²) in [4.78, 5) is 6.91. The Hall–Kier alpha value is -0.910. The quantitative estimate of drug-likeness (QED) is 0.842. The minimum atomic E-state index is 0.310. The van der Waals surface area contributed by atoms with Gasteiger partial charge in [0.15, 0.2) is 5.13 Å². The molecule has 1 atom stereocenters. The highest BCUT2D eigenvalue weighted by molar-refractivity contribution is 9.10. The van der Waals surface area contributed by atoms with Crippen LogP contribution in [0.5, 0.6) is 0 Å². The van der Waals surface area contributed by atoms with E-state index >= 15 is 0 Å². The zero-order valence-electron chi connectivity index (χ0n) is 12.1. The van der Waals surface area contributed by atoms with Crippen LogP contribution >= 0.6 is 27.3 Å². The van der Waals surface area contributed by atoms with Gasteiger partial charge in [0.25, 0.3) is 0 Å². The van der Waals surface area contributed by atoms with E-state index in [0.29, 0.717) is 6.04 Å². The first-order valence-electron chi connectivity index (χ1n) is 6.74. The Kier molecular flexibility index (Phi) is 5.57. The first-order valence-corrected chi connectivity index (χ1v) is 8.41. The van der Waals surface area contributed by atoms with Crippen LogP contribution < -0.4 is 10.2 Å². The number of hydrogen-bond donors (Lipinski definition) is 1. The van der Waals surface area contributed by atoms with E-state index in [1.807, 2.05) is 6.07 Å². The lowest BCUT2D eigenvalue weighted by Gasteiger charge is -2.16. The van der Waals surface area contributed by atoms with Crippen molar-refractivity contribution in [2.24, 2.45) is 0 Å². The zero-order valence-corrected chi connectivity index (χ0v) is 14.5. The molecule has 3 nitrogen and oxygen atoms in total. The van der Waals surface area contributed by atoms with E-state index in [4.69, 9.17) is 4.98 Å². The van der Waals surface area contributed by atoms with Crippen molar-refractivity contribution in [3.05, 3.63) is 45.4 Å². The molecule has 0 fully saturated rings. The molecular weight excluding hydrogens is 334 g/mol. The van der Waals surface area contributed by atoms with Gasteiger partial charge in [-0.05, 0) is 31.2 Å². The Bertz CT molecular complexity index is 556. The topological polar surface area (TPSA) is 28.2 Å². The smallest absolute Gasteiger partial charge is 0.185 e. The van der Waals surface area contributed by atoms with E-state index in [1.165, 1.54) is 5.56 Å². The third-order valence-corrected chi connectivity index (χ3v) is 4.57. The van der Waals surface area contributed by atoms with Crippen LogP contribution in [0, 0.1) is 0 Å². The molecule has 0 saturated heterocycles. The van der Waals surface area contributed by atoms with E-state index in [9.17, 15) is 0 Å². The van der Waals surface area contributed by atoms with Gasteiger partial charge in [0.05, 0.1) is 5.69 Å². The van der Waals surface area contributed by atoms with Crippen LogP contribution in [0.15, 0.2) is 34.1 Å². The molecule has 2 aromatic rings. The Morgan fingerprint density at radius 3 is 2.95 bits per heavy atom. The molecule has 0 aliphatic rings. The molecule has 1 aromatic heterocycles. The maximum atomic E-state index is 4.72. The Labute approximate surface area is 133 Å². The van der Waals surface area contributed by atoms with Gasteiger partial charge in [-0.1, -0.05) is 35.0 Å². The Morgan fingerprint density at radius 2 is 2.25 bits per heavy atom. The Balaban J connectivity index is 2.04. The molecule has 0 spiro atoms. The molecule has 0 aliphatic heterocycles. The average molecular weight is 354 g/mol.